The molecule has 0 bridgehead atoms. The molecule has 198 valence electrons. The first-order valence-electron chi connectivity index (χ1n) is 11.6. The van der Waals surface area contributed by atoms with E-state index in [1.54, 1.807) is 50.4 Å². The van der Waals surface area contributed by atoms with Crippen molar-refractivity contribution < 1.29 is 17.9 Å². The van der Waals surface area contributed by atoms with E-state index in [-0.39, 0.29) is 39.5 Å². The number of anilines is 1. The molecule has 2 heterocycles. The van der Waals surface area contributed by atoms with Crippen LogP contribution in [0.1, 0.15) is 12.5 Å². The maximum Gasteiger partial charge on any atom is 0.263 e. The number of aryl methyl sites for hydroxylation is 1. The molecule has 0 aliphatic rings. The number of nitrogens with one attached hydrogen (secondary N) is 2. The second-order valence-electron chi connectivity index (χ2n) is 8.77. The number of benzene rings is 2. The van der Waals surface area contributed by atoms with Crippen molar-refractivity contribution in [2.24, 2.45) is 5.92 Å². The Morgan fingerprint density at radius 1 is 1.13 bits per heavy atom. The van der Waals surface area contributed by atoms with Crippen LogP contribution in [0.3, 0.4) is 0 Å². The highest BCUT2D eigenvalue weighted by molar-refractivity contribution is 7.92. The van der Waals surface area contributed by atoms with Gasteiger partial charge in [0, 0.05) is 25.4 Å². The van der Waals surface area contributed by atoms with Crippen LogP contribution in [0, 0.1) is 12.8 Å². The fraction of sp³-hybridized carbons (Fsp3) is 0.231. The van der Waals surface area contributed by atoms with E-state index in [4.69, 9.17) is 16.3 Å². The molecule has 1 atom stereocenters. The third kappa shape index (κ3) is 5.48. The molecule has 2 aromatic carbocycles. The molecule has 2 N–H and O–H groups in total. The van der Waals surface area contributed by atoms with Crippen molar-refractivity contribution in [2.75, 3.05) is 18.9 Å². The van der Waals surface area contributed by atoms with Gasteiger partial charge >= 0.3 is 0 Å². The number of hydrogen-bond donors (Lipinski definition) is 2. The maximum atomic E-state index is 13.2. The van der Waals surface area contributed by atoms with Crippen LogP contribution in [-0.4, -0.2) is 43.0 Å². The van der Waals surface area contributed by atoms with Crippen LogP contribution in [-0.2, 0) is 21.4 Å². The number of pyridine rings is 1. The van der Waals surface area contributed by atoms with E-state index < -0.39 is 15.9 Å². The van der Waals surface area contributed by atoms with Crippen LogP contribution in [0.25, 0.3) is 22.0 Å². The lowest BCUT2D eigenvalue weighted by atomic mass is 10.0. The van der Waals surface area contributed by atoms with Crippen molar-refractivity contribution in [3.8, 4) is 17.0 Å². The molecule has 0 fully saturated rings. The summed E-state index contributed by atoms with van der Waals surface area (Å²) in [7, 11) is -1.14. The number of carbonyl (C=O) groups excluding carboxylic acids is 1. The zero-order chi connectivity index (χ0) is 27.6. The van der Waals surface area contributed by atoms with Gasteiger partial charge in [-0.3, -0.25) is 18.9 Å². The van der Waals surface area contributed by atoms with Crippen molar-refractivity contribution in [3.05, 3.63) is 75.9 Å². The van der Waals surface area contributed by atoms with Crippen LogP contribution in [0.15, 0.2) is 64.7 Å². The summed E-state index contributed by atoms with van der Waals surface area (Å²) in [6.45, 7) is 3.70. The van der Waals surface area contributed by atoms with Crippen molar-refractivity contribution in [1.82, 2.24) is 19.9 Å². The SMILES string of the molecule is CNC(=O)[C@@H](C)Cn1cnc2ccc(-c3cnc(OC)c(NS(=O)(=O)c4ccc(C)cc4Cl)c3)cc2c1=O. The van der Waals surface area contributed by atoms with Crippen molar-refractivity contribution in [2.45, 2.75) is 25.3 Å². The number of fused-ring (bicyclic) bond motifs is 1. The molecule has 38 heavy (non-hydrogen) atoms. The minimum atomic E-state index is -4.06. The van der Waals surface area contributed by atoms with Gasteiger partial charge in [-0.1, -0.05) is 30.7 Å². The molecule has 2 aromatic heterocycles. The Bertz CT molecular complexity index is 1700. The molecule has 0 spiro atoms. The van der Waals surface area contributed by atoms with E-state index in [9.17, 15) is 18.0 Å². The van der Waals surface area contributed by atoms with Gasteiger partial charge in [-0.15, -0.1) is 0 Å². The second kappa shape index (κ2) is 10.8. The first kappa shape index (κ1) is 27.1. The average molecular weight is 556 g/mol. The van der Waals surface area contributed by atoms with Gasteiger partial charge < -0.3 is 10.1 Å². The predicted octanol–water partition coefficient (Wildman–Crippen LogP) is 3.61. The van der Waals surface area contributed by atoms with Crippen molar-refractivity contribution >= 4 is 44.1 Å². The molecule has 0 unspecified atom stereocenters. The largest absolute Gasteiger partial charge is 0.480 e. The number of halogens is 1. The summed E-state index contributed by atoms with van der Waals surface area (Å²) in [5.41, 5.74) is 2.25. The normalized spacial score (nSPS) is 12.2. The Labute approximate surface area is 224 Å². The molecule has 12 heteroatoms. The number of methoxy groups -OCH3 is 1. The van der Waals surface area contributed by atoms with Gasteiger partial charge in [0.1, 0.15) is 10.6 Å². The summed E-state index contributed by atoms with van der Waals surface area (Å²) in [5.74, 6) is -0.547. The summed E-state index contributed by atoms with van der Waals surface area (Å²) in [6, 6.07) is 11.3. The monoisotopic (exact) mass is 555 g/mol. The Morgan fingerprint density at radius 3 is 2.58 bits per heavy atom. The van der Waals surface area contributed by atoms with E-state index in [0.29, 0.717) is 22.0 Å². The number of nitrogens with zero attached hydrogens (tertiary/aromatic N) is 3. The van der Waals surface area contributed by atoms with Crippen LogP contribution in [0.4, 0.5) is 5.69 Å². The molecule has 0 aliphatic heterocycles. The third-order valence-electron chi connectivity index (χ3n) is 5.99. The predicted molar refractivity (Wildman–Crippen MR) is 146 cm³/mol. The molecular weight excluding hydrogens is 530 g/mol. The highest BCUT2D eigenvalue weighted by Crippen LogP contribution is 2.32. The lowest BCUT2D eigenvalue weighted by molar-refractivity contribution is -0.124. The number of amides is 1. The first-order valence-corrected chi connectivity index (χ1v) is 13.4. The number of ether oxygens (including phenoxy) is 1. The Kier molecular flexibility index (Phi) is 7.70. The fourth-order valence-electron chi connectivity index (χ4n) is 3.96. The minimum Gasteiger partial charge on any atom is -0.480 e. The minimum absolute atomic E-state index is 0.0635. The van der Waals surface area contributed by atoms with Gasteiger partial charge in [0.15, 0.2) is 0 Å². The second-order valence-corrected chi connectivity index (χ2v) is 10.8. The fourth-order valence-corrected chi connectivity index (χ4v) is 5.61. The molecular formula is C26H26ClN5O5S. The lowest BCUT2D eigenvalue weighted by Gasteiger charge is -2.14. The van der Waals surface area contributed by atoms with E-state index in [0.717, 1.165) is 5.56 Å². The van der Waals surface area contributed by atoms with Crippen LogP contribution in [0.2, 0.25) is 5.02 Å². The molecule has 1 amide bonds. The number of carbonyl (C=O) groups is 1. The van der Waals surface area contributed by atoms with Gasteiger partial charge in [-0.05, 0) is 48.4 Å². The van der Waals surface area contributed by atoms with Gasteiger partial charge in [-0.25, -0.2) is 18.4 Å². The highest BCUT2D eigenvalue weighted by Gasteiger charge is 2.21. The molecule has 4 rings (SSSR count). The maximum absolute atomic E-state index is 13.2. The molecule has 10 nitrogen and oxygen atoms in total. The van der Waals surface area contributed by atoms with Crippen molar-refractivity contribution in [1.29, 1.82) is 0 Å². The number of rotatable bonds is 8. The zero-order valence-electron chi connectivity index (χ0n) is 21.1. The Balaban J connectivity index is 1.73. The third-order valence-corrected chi connectivity index (χ3v) is 7.84. The van der Waals surface area contributed by atoms with Gasteiger partial charge in [0.25, 0.3) is 15.6 Å². The van der Waals surface area contributed by atoms with E-state index in [1.165, 1.54) is 30.3 Å². The van der Waals surface area contributed by atoms with E-state index in [1.807, 2.05) is 6.92 Å². The molecule has 0 radical (unpaired) electrons. The Hall–Kier alpha value is -3.96. The smallest absolute Gasteiger partial charge is 0.263 e. The molecule has 0 saturated heterocycles. The highest BCUT2D eigenvalue weighted by atomic mass is 35.5. The average Bonchev–Trinajstić information content (AvgIpc) is 2.89. The number of aromatic nitrogens is 3. The summed E-state index contributed by atoms with van der Waals surface area (Å²) >= 11 is 6.20. The topological polar surface area (TPSA) is 132 Å². The standard InChI is InChI=1S/C26H26ClN5O5S/c1-15-5-8-23(20(27)9-15)38(35,36)31-22-11-18(12-29-25(22)37-4)17-6-7-21-19(10-17)26(34)32(14-30-21)13-16(2)24(33)28-3/h5-12,14,16,31H,13H2,1-4H3,(H,28,33)/t16-/m0/s1. The van der Waals surface area contributed by atoms with Crippen LogP contribution < -0.4 is 20.3 Å². The van der Waals surface area contributed by atoms with Crippen LogP contribution in [0.5, 0.6) is 5.88 Å². The summed E-state index contributed by atoms with van der Waals surface area (Å²) in [6.07, 6.45) is 2.93. The first-order chi connectivity index (χ1) is 18.0. The Morgan fingerprint density at radius 2 is 1.89 bits per heavy atom. The van der Waals surface area contributed by atoms with Gasteiger partial charge in [0.2, 0.25) is 11.8 Å². The number of sulfonamides is 1. The van der Waals surface area contributed by atoms with Gasteiger partial charge in [-0.2, -0.15) is 0 Å². The number of hydrogen-bond acceptors (Lipinski definition) is 7. The quantitative estimate of drug-likeness (QED) is 0.339. The van der Waals surface area contributed by atoms with Crippen molar-refractivity contribution in [3.63, 3.8) is 0 Å². The molecule has 0 saturated carbocycles. The van der Waals surface area contributed by atoms with E-state index in [2.05, 4.69) is 20.0 Å². The molecule has 4 aromatic rings. The summed E-state index contributed by atoms with van der Waals surface area (Å²) < 4.78 is 35.4. The van der Waals surface area contributed by atoms with Gasteiger partial charge in [0.05, 0.1) is 35.3 Å². The summed E-state index contributed by atoms with van der Waals surface area (Å²) in [5, 5.41) is 3.00. The van der Waals surface area contributed by atoms with Crippen LogP contribution >= 0.6 is 11.6 Å². The summed E-state index contributed by atoms with van der Waals surface area (Å²) in [4.78, 5) is 33.6. The lowest BCUT2D eigenvalue weighted by Crippen LogP contribution is -2.32. The zero-order valence-corrected chi connectivity index (χ0v) is 22.7. The van der Waals surface area contributed by atoms with E-state index >= 15 is 0 Å². The molecule has 0 aliphatic carbocycles.